The summed E-state index contributed by atoms with van der Waals surface area (Å²) < 4.78 is 25.2. The van der Waals surface area contributed by atoms with Gasteiger partial charge in [-0.15, -0.1) is 11.3 Å². The molecule has 1 rings (SSSR count). The van der Waals surface area contributed by atoms with Gasteiger partial charge in [0.25, 0.3) is 10.0 Å². The van der Waals surface area contributed by atoms with Gasteiger partial charge >= 0.3 is 5.97 Å². The lowest BCUT2D eigenvalue weighted by Crippen LogP contribution is -2.28. The molecule has 1 aromatic heterocycles. The summed E-state index contributed by atoms with van der Waals surface area (Å²) in [6.07, 6.45) is -0.227. The van der Waals surface area contributed by atoms with Crippen LogP contribution in [-0.2, 0) is 14.8 Å². The molecule has 0 bridgehead atoms. The number of aliphatic carboxylic acids is 1. The largest absolute Gasteiger partial charge is 0.481 e. The van der Waals surface area contributed by atoms with E-state index in [1.54, 1.807) is 0 Å². The molecule has 8 heteroatoms. The van der Waals surface area contributed by atoms with Crippen LogP contribution in [0.15, 0.2) is 16.3 Å². The van der Waals surface area contributed by atoms with Crippen LogP contribution in [0.1, 0.15) is 6.42 Å². The molecule has 5 nitrogen and oxygen atoms in total. The van der Waals surface area contributed by atoms with E-state index >= 15 is 0 Å². The number of halogens is 1. The van der Waals surface area contributed by atoms with E-state index in [2.05, 4.69) is 0 Å². The fraction of sp³-hybridized carbons (Fsp3) is 0.375. The third kappa shape index (κ3) is 3.18. The fourth-order valence-electron chi connectivity index (χ4n) is 0.963. The molecule has 0 aliphatic carbocycles. The Kier molecular flexibility index (Phi) is 4.31. The Morgan fingerprint density at radius 1 is 1.56 bits per heavy atom. The van der Waals surface area contributed by atoms with Gasteiger partial charge in [-0.05, 0) is 12.1 Å². The van der Waals surface area contributed by atoms with E-state index in [-0.39, 0.29) is 17.2 Å². The van der Waals surface area contributed by atoms with Gasteiger partial charge in [0.15, 0.2) is 0 Å². The third-order valence-electron chi connectivity index (χ3n) is 1.85. The van der Waals surface area contributed by atoms with Crippen molar-refractivity contribution in [3.8, 4) is 0 Å². The maximum atomic E-state index is 11.8. The lowest BCUT2D eigenvalue weighted by molar-refractivity contribution is -0.137. The highest BCUT2D eigenvalue weighted by atomic mass is 35.5. The third-order valence-corrected chi connectivity index (χ3v) is 5.41. The van der Waals surface area contributed by atoms with Gasteiger partial charge in [-0.2, -0.15) is 4.31 Å². The highest BCUT2D eigenvalue weighted by Gasteiger charge is 2.22. The Balaban J connectivity index is 2.82. The van der Waals surface area contributed by atoms with Gasteiger partial charge in [0.1, 0.15) is 4.21 Å². The molecule has 1 heterocycles. The molecule has 0 fully saturated rings. The van der Waals surface area contributed by atoms with E-state index in [1.165, 1.54) is 19.2 Å². The normalized spacial score (nSPS) is 11.9. The second-order valence-electron chi connectivity index (χ2n) is 3.03. The summed E-state index contributed by atoms with van der Waals surface area (Å²) in [7, 11) is -2.27. The second kappa shape index (κ2) is 5.13. The standard InChI is InChI=1S/C8H10ClNO4S2/c1-10(5-4-7(11)12)16(13,14)8-3-2-6(9)15-8/h2-3H,4-5H2,1H3,(H,11,12). The quantitative estimate of drug-likeness (QED) is 0.888. The molecule has 0 unspecified atom stereocenters. The van der Waals surface area contributed by atoms with Crippen LogP contribution in [0.5, 0.6) is 0 Å². The highest BCUT2D eigenvalue weighted by molar-refractivity contribution is 7.91. The zero-order valence-electron chi connectivity index (χ0n) is 8.38. The minimum atomic E-state index is -3.61. The Labute approximate surface area is 102 Å². The van der Waals surface area contributed by atoms with Crippen LogP contribution in [0.3, 0.4) is 0 Å². The molecule has 1 N–H and O–H groups in total. The number of carboxylic acid groups (broad SMARTS) is 1. The Morgan fingerprint density at radius 3 is 2.62 bits per heavy atom. The first-order chi connectivity index (χ1) is 7.34. The summed E-state index contributed by atoms with van der Waals surface area (Å²) >= 11 is 6.59. The molecule has 1 aromatic rings. The van der Waals surface area contributed by atoms with Gasteiger partial charge < -0.3 is 5.11 Å². The minimum absolute atomic E-state index is 0.0623. The van der Waals surface area contributed by atoms with Crippen molar-refractivity contribution in [3.05, 3.63) is 16.5 Å². The molecular formula is C8H10ClNO4S2. The second-order valence-corrected chi connectivity index (χ2v) is 7.02. The predicted octanol–water partition coefficient (Wildman–Crippen LogP) is 1.50. The average molecular weight is 284 g/mol. The zero-order chi connectivity index (χ0) is 12.3. The van der Waals surface area contributed by atoms with E-state index in [0.717, 1.165) is 15.6 Å². The first kappa shape index (κ1) is 13.4. The van der Waals surface area contributed by atoms with E-state index < -0.39 is 16.0 Å². The van der Waals surface area contributed by atoms with Crippen LogP contribution in [0.2, 0.25) is 4.34 Å². The summed E-state index contributed by atoms with van der Waals surface area (Å²) in [5.41, 5.74) is 0. The van der Waals surface area contributed by atoms with Crippen molar-refractivity contribution >= 4 is 38.9 Å². The lowest BCUT2D eigenvalue weighted by atomic mass is 10.4. The average Bonchev–Trinajstić information content (AvgIpc) is 2.61. The number of hydrogen-bond donors (Lipinski definition) is 1. The maximum Gasteiger partial charge on any atom is 0.304 e. The maximum absolute atomic E-state index is 11.8. The summed E-state index contributed by atoms with van der Waals surface area (Å²) in [6, 6.07) is 2.89. The van der Waals surface area contributed by atoms with Crippen LogP contribution in [0.25, 0.3) is 0 Å². The number of rotatable bonds is 5. The van der Waals surface area contributed by atoms with Gasteiger partial charge in [-0.3, -0.25) is 4.79 Å². The SMILES string of the molecule is CN(CCC(=O)O)S(=O)(=O)c1ccc(Cl)s1. The van der Waals surface area contributed by atoms with Crippen LogP contribution in [0, 0.1) is 0 Å². The molecular weight excluding hydrogens is 274 g/mol. The Morgan fingerprint density at radius 2 is 2.19 bits per heavy atom. The van der Waals surface area contributed by atoms with Crippen molar-refractivity contribution in [2.24, 2.45) is 0 Å². The molecule has 0 spiro atoms. The highest BCUT2D eigenvalue weighted by Crippen LogP contribution is 2.27. The number of carboxylic acids is 1. The molecule has 0 aliphatic heterocycles. The van der Waals surface area contributed by atoms with Crippen molar-refractivity contribution in [1.29, 1.82) is 0 Å². The first-order valence-corrected chi connectivity index (χ1v) is 6.91. The Bertz CT molecular complexity index is 482. The van der Waals surface area contributed by atoms with Crippen molar-refractivity contribution in [1.82, 2.24) is 4.31 Å². The van der Waals surface area contributed by atoms with E-state index in [9.17, 15) is 13.2 Å². The number of hydrogen-bond acceptors (Lipinski definition) is 4. The molecule has 0 saturated heterocycles. The number of thiophene rings is 1. The molecule has 0 atom stereocenters. The summed E-state index contributed by atoms with van der Waals surface area (Å²) in [4.78, 5) is 10.3. The van der Waals surface area contributed by atoms with Crippen molar-refractivity contribution in [2.75, 3.05) is 13.6 Å². The van der Waals surface area contributed by atoms with E-state index in [1.807, 2.05) is 0 Å². The summed E-state index contributed by atoms with van der Waals surface area (Å²) in [6.45, 7) is -0.0623. The summed E-state index contributed by atoms with van der Waals surface area (Å²) in [5.74, 6) is -1.04. The van der Waals surface area contributed by atoms with Crippen LogP contribution in [0.4, 0.5) is 0 Å². The fourth-order valence-corrected chi connectivity index (χ4v) is 3.83. The molecule has 0 aliphatic rings. The van der Waals surface area contributed by atoms with Gasteiger partial charge in [-0.1, -0.05) is 11.6 Å². The monoisotopic (exact) mass is 283 g/mol. The Hall–Kier alpha value is -0.630. The van der Waals surface area contributed by atoms with Crippen LogP contribution >= 0.6 is 22.9 Å². The van der Waals surface area contributed by atoms with E-state index in [4.69, 9.17) is 16.7 Å². The summed E-state index contributed by atoms with van der Waals surface area (Å²) in [5, 5.41) is 8.46. The molecule has 16 heavy (non-hydrogen) atoms. The molecule has 0 radical (unpaired) electrons. The van der Waals surface area contributed by atoms with Gasteiger partial charge in [0.05, 0.1) is 10.8 Å². The van der Waals surface area contributed by atoms with E-state index in [0.29, 0.717) is 4.34 Å². The lowest BCUT2D eigenvalue weighted by Gasteiger charge is -2.14. The van der Waals surface area contributed by atoms with Crippen molar-refractivity contribution in [2.45, 2.75) is 10.6 Å². The van der Waals surface area contributed by atoms with Gasteiger partial charge in [0, 0.05) is 13.6 Å². The van der Waals surface area contributed by atoms with Gasteiger partial charge in [-0.25, -0.2) is 8.42 Å². The molecule has 0 saturated carbocycles. The molecule has 0 aromatic carbocycles. The first-order valence-electron chi connectivity index (χ1n) is 4.27. The topological polar surface area (TPSA) is 74.7 Å². The zero-order valence-corrected chi connectivity index (χ0v) is 10.8. The predicted molar refractivity (Wildman–Crippen MR) is 61.4 cm³/mol. The van der Waals surface area contributed by atoms with Gasteiger partial charge in [0.2, 0.25) is 0 Å². The molecule has 90 valence electrons. The van der Waals surface area contributed by atoms with Crippen LogP contribution in [-0.4, -0.2) is 37.4 Å². The minimum Gasteiger partial charge on any atom is -0.481 e. The van der Waals surface area contributed by atoms with Crippen molar-refractivity contribution in [3.63, 3.8) is 0 Å². The smallest absolute Gasteiger partial charge is 0.304 e. The number of nitrogens with zero attached hydrogens (tertiary/aromatic N) is 1. The molecule has 0 amide bonds. The number of carbonyl (C=O) groups is 1. The number of sulfonamides is 1. The van der Waals surface area contributed by atoms with Crippen LogP contribution < -0.4 is 0 Å². The van der Waals surface area contributed by atoms with Crippen molar-refractivity contribution < 1.29 is 18.3 Å².